The van der Waals surface area contributed by atoms with Crippen LogP contribution in [0.15, 0.2) is 54.9 Å². The van der Waals surface area contributed by atoms with Crippen molar-refractivity contribution in [2.45, 2.75) is 6.18 Å². The number of fused-ring (bicyclic) bond motifs is 1. The third-order valence-corrected chi connectivity index (χ3v) is 5.86. The van der Waals surface area contributed by atoms with Gasteiger partial charge in [0.15, 0.2) is 5.65 Å². The number of hydrogen-bond donors (Lipinski definition) is 0. The quantitative estimate of drug-likeness (QED) is 0.402. The van der Waals surface area contributed by atoms with E-state index in [4.69, 9.17) is 0 Å². The summed E-state index contributed by atoms with van der Waals surface area (Å²) < 4.78 is 55.7. The maximum Gasteiger partial charge on any atom is 0.420 e. The zero-order chi connectivity index (χ0) is 25.4. The van der Waals surface area contributed by atoms with Gasteiger partial charge in [-0.2, -0.15) is 23.5 Å². The van der Waals surface area contributed by atoms with Gasteiger partial charge in [0, 0.05) is 37.9 Å². The molecule has 0 spiro atoms. The van der Waals surface area contributed by atoms with Crippen LogP contribution in [0.25, 0.3) is 16.9 Å². The number of benzene rings is 1. The first-order valence-electron chi connectivity index (χ1n) is 10.9. The highest BCUT2D eigenvalue weighted by molar-refractivity contribution is 5.93. The van der Waals surface area contributed by atoms with Crippen LogP contribution in [0, 0.1) is 17.1 Å². The Balaban J connectivity index is 1.43. The molecule has 0 unspecified atom stereocenters. The van der Waals surface area contributed by atoms with Gasteiger partial charge >= 0.3 is 6.18 Å². The SMILES string of the molecule is N#Cc1cccnc1N1CCN(C(=O)c2cn3nc(-c4ccc(F)cc4)cc(C(F)(F)F)c3n2)CC1. The van der Waals surface area contributed by atoms with Crippen LogP contribution in [0.5, 0.6) is 0 Å². The molecule has 0 saturated carbocycles. The molecular formula is C24H17F4N7O. The number of hydrogen-bond acceptors (Lipinski definition) is 6. The predicted molar refractivity (Wildman–Crippen MR) is 120 cm³/mol. The first kappa shape index (κ1) is 23.2. The number of carbonyl (C=O) groups excluding carboxylic acids is 1. The predicted octanol–water partition coefficient (Wildman–Crippen LogP) is 3.78. The molecule has 0 radical (unpaired) electrons. The van der Waals surface area contributed by atoms with E-state index >= 15 is 0 Å². The van der Waals surface area contributed by atoms with E-state index in [-0.39, 0.29) is 30.0 Å². The number of nitriles is 1. The van der Waals surface area contributed by atoms with Gasteiger partial charge in [0.05, 0.1) is 17.5 Å². The Morgan fingerprint density at radius 2 is 1.78 bits per heavy atom. The third-order valence-electron chi connectivity index (χ3n) is 5.86. The van der Waals surface area contributed by atoms with Crippen molar-refractivity contribution in [1.29, 1.82) is 5.26 Å². The summed E-state index contributed by atoms with van der Waals surface area (Å²) in [5, 5.41) is 13.5. The van der Waals surface area contributed by atoms with E-state index in [1.54, 1.807) is 18.3 Å². The monoisotopic (exact) mass is 495 g/mol. The molecule has 0 N–H and O–H groups in total. The van der Waals surface area contributed by atoms with E-state index in [0.29, 0.717) is 24.5 Å². The summed E-state index contributed by atoms with van der Waals surface area (Å²) in [7, 11) is 0. The minimum Gasteiger partial charge on any atom is -0.352 e. The summed E-state index contributed by atoms with van der Waals surface area (Å²) in [4.78, 5) is 24.7. The van der Waals surface area contributed by atoms with Crippen molar-refractivity contribution >= 4 is 17.4 Å². The molecule has 0 atom stereocenters. The lowest BCUT2D eigenvalue weighted by atomic mass is 10.1. The minimum absolute atomic E-state index is 0.0384. The van der Waals surface area contributed by atoms with Gasteiger partial charge in [-0.3, -0.25) is 4.79 Å². The van der Waals surface area contributed by atoms with Gasteiger partial charge in [0.2, 0.25) is 0 Å². The van der Waals surface area contributed by atoms with E-state index in [0.717, 1.165) is 22.7 Å². The number of imidazole rings is 1. The summed E-state index contributed by atoms with van der Waals surface area (Å²) in [5.41, 5.74) is -1.06. The van der Waals surface area contributed by atoms with Crippen LogP contribution in [0.4, 0.5) is 23.4 Å². The third kappa shape index (κ3) is 4.31. The molecule has 1 saturated heterocycles. The number of amides is 1. The van der Waals surface area contributed by atoms with Crippen LogP contribution in [-0.2, 0) is 6.18 Å². The van der Waals surface area contributed by atoms with Crippen molar-refractivity contribution in [2.24, 2.45) is 0 Å². The summed E-state index contributed by atoms with van der Waals surface area (Å²) in [6.45, 7) is 1.33. The molecule has 1 aliphatic rings. The number of carbonyl (C=O) groups is 1. The van der Waals surface area contributed by atoms with Crippen molar-refractivity contribution < 1.29 is 22.4 Å². The number of alkyl halides is 3. The van der Waals surface area contributed by atoms with E-state index in [2.05, 4.69) is 21.1 Å². The highest BCUT2D eigenvalue weighted by Crippen LogP contribution is 2.34. The second kappa shape index (κ2) is 8.92. The van der Waals surface area contributed by atoms with Gasteiger partial charge in [-0.1, -0.05) is 0 Å². The highest BCUT2D eigenvalue weighted by Gasteiger charge is 2.36. The summed E-state index contributed by atoms with van der Waals surface area (Å²) in [6, 6.07) is 11.1. The Morgan fingerprint density at radius 3 is 2.44 bits per heavy atom. The fraction of sp³-hybridized carbons (Fsp3) is 0.208. The van der Waals surface area contributed by atoms with Crippen molar-refractivity contribution in [2.75, 3.05) is 31.1 Å². The molecule has 1 amide bonds. The maximum absolute atomic E-state index is 13.8. The highest BCUT2D eigenvalue weighted by atomic mass is 19.4. The number of pyridine rings is 1. The van der Waals surface area contributed by atoms with Gasteiger partial charge < -0.3 is 9.80 Å². The Hall–Kier alpha value is -4.53. The smallest absolute Gasteiger partial charge is 0.352 e. The molecule has 36 heavy (non-hydrogen) atoms. The molecule has 8 nitrogen and oxygen atoms in total. The van der Waals surface area contributed by atoms with Crippen molar-refractivity contribution in [3.8, 4) is 17.3 Å². The Morgan fingerprint density at radius 1 is 1.06 bits per heavy atom. The number of anilines is 1. The van der Waals surface area contributed by atoms with E-state index in [9.17, 15) is 27.6 Å². The molecular weight excluding hydrogens is 478 g/mol. The van der Waals surface area contributed by atoms with Crippen LogP contribution < -0.4 is 4.90 Å². The van der Waals surface area contributed by atoms with Crippen LogP contribution in [0.3, 0.4) is 0 Å². The maximum atomic E-state index is 13.8. The molecule has 1 aliphatic heterocycles. The lowest BCUT2D eigenvalue weighted by molar-refractivity contribution is -0.136. The standard InChI is InChI=1S/C24H17F4N7O/c25-17-5-3-15(4-6-17)19-12-18(24(26,27)28)22-31-20(14-35(22)32-19)23(36)34-10-8-33(9-11-34)21-16(13-29)2-1-7-30-21/h1-7,12,14H,8-11H2. The second-order valence-corrected chi connectivity index (χ2v) is 8.11. The van der Waals surface area contributed by atoms with E-state index in [1.807, 2.05) is 4.90 Å². The molecule has 1 aromatic carbocycles. The first-order chi connectivity index (χ1) is 17.2. The van der Waals surface area contributed by atoms with Crippen LogP contribution in [-0.4, -0.2) is 56.6 Å². The number of rotatable bonds is 3. The zero-order valence-corrected chi connectivity index (χ0v) is 18.6. The van der Waals surface area contributed by atoms with Crippen LogP contribution in [0.2, 0.25) is 0 Å². The van der Waals surface area contributed by atoms with Crippen molar-refractivity contribution in [3.05, 3.63) is 77.5 Å². The second-order valence-electron chi connectivity index (χ2n) is 8.11. The Kier molecular flexibility index (Phi) is 5.75. The average molecular weight is 495 g/mol. The number of piperazine rings is 1. The lowest BCUT2D eigenvalue weighted by Crippen LogP contribution is -2.49. The fourth-order valence-electron chi connectivity index (χ4n) is 4.07. The molecule has 4 heterocycles. The largest absolute Gasteiger partial charge is 0.420 e. The van der Waals surface area contributed by atoms with E-state index in [1.165, 1.54) is 23.2 Å². The van der Waals surface area contributed by atoms with Gasteiger partial charge in [-0.25, -0.2) is 18.9 Å². The molecule has 1 fully saturated rings. The van der Waals surface area contributed by atoms with Gasteiger partial charge in [0.25, 0.3) is 5.91 Å². The molecule has 4 aromatic rings. The zero-order valence-electron chi connectivity index (χ0n) is 18.6. The Bertz CT molecular complexity index is 1480. The molecule has 12 heteroatoms. The molecule has 0 aliphatic carbocycles. The molecule has 0 bridgehead atoms. The van der Waals surface area contributed by atoms with Gasteiger partial charge in [0.1, 0.15) is 29.0 Å². The summed E-state index contributed by atoms with van der Waals surface area (Å²) >= 11 is 0. The average Bonchev–Trinajstić information content (AvgIpc) is 3.32. The van der Waals surface area contributed by atoms with Gasteiger partial charge in [-0.05, 0) is 42.5 Å². The van der Waals surface area contributed by atoms with Crippen molar-refractivity contribution in [3.63, 3.8) is 0 Å². The first-order valence-corrected chi connectivity index (χ1v) is 10.9. The lowest BCUT2D eigenvalue weighted by Gasteiger charge is -2.35. The fourth-order valence-corrected chi connectivity index (χ4v) is 4.07. The summed E-state index contributed by atoms with van der Waals surface area (Å²) in [6.07, 6.45) is -2.01. The molecule has 3 aromatic heterocycles. The van der Waals surface area contributed by atoms with Gasteiger partial charge in [-0.15, -0.1) is 0 Å². The number of aromatic nitrogens is 4. The normalized spacial score (nSPS) is 14.2. The van der Waals surface area contributed by atoms with Crippen molar-refractivity contribution in [1.82, 2.24) is 24.5 Å². The van der Waals surface area contributed by atoms with Crippen LogP contribution in [0.1, 0.15) is 21.6 Å². The van der Waals surface area contributed by atoms with Crippen LogP contribution >= 0.6 is 0 Å². The van der Waals surface area contributed by atoms with E-state index < -0.39 is 29.1 Å². The number of halogens is 4. The topological polar surface area (TPSA) is 90.4 Å². The minimum atomic E-state index is -4.75. The molecule has 5 rings (SSSR count). The summed E-state index contributed by atoms with van der Waals surface area (Å²) in [5.74, 6) is -0.538. The molecule has 182 valence electrons. The number of nitrogens with zero attached hydrogens (tertiary/aromatic N) is 7. The Labute approximate surface area is 202 Å².